The van der Waals surface area contributed by atoms with E-state index in [0.29, 0.717) is 5.02 Å². The molecule has 0 fully saturated rings. The van der Waals surface area contributed by atoms with Gasteiger partial charge in [0.15, 0.2) is 0 Å². The first-order chi connectivity index (χ1) is 8.69. The molecular formula is C12H10ClN3OS. The first kappa shape index (κ1) is 11.6. The summed E-state index contributed by atoms with van der Waals surface area (Å²) < 4.78 is 1.69. The van der Waals surface area contributed by atoms with Gasteiger partial charge >= 0.3 is 0 Å². The molecule has 0 saturated carbocycles. The molecular weight excluding hydrogens is 270 g/mol. The Balaban J connectivity index is 2.17. The van der Waals surface area contributed by atoms with Crippen LogP contribution in [0.15, 0.2) is 24.3 Å². The van der Waals surface area contributed by atoms with Gasteiger partial charge in [0.25, 0.3) is 0 Å². The van der Waals surface area contributed by atoms with E-state index in [-0.39, 0.29) is 6.61 Å². The van der Waals surface area contributed by atoms with Crippen LogP contribution in [0.5, 0.6) is 0 Å². The zero-order valence-electron chi connectivity index (χ0n) is 9.59. The van der Waals surface area contributed by atoms with Crippen LogP contribution in [0.4, 0.5) is 0 Å². The zero-order chi connectivity index (χ0) is 12.7. The summed E-state index contributed by atoms with van der Waals surface area (Å²) in [6.45, 7) is 1.80. The predicted molar refractivity (Wildman–Crippen MR) is 72.0 cm³/mol. The minimum Gasteiger partial charge on any atom is -0.390 e. The molecule has 92 valence electrons. The zero-order valence-corrected chi connectivity index (χ0v) is 11.2. The number of fused-ring (bicyclic) bond motifs is 1. The second kappa shape index (κ2) is 4.35. The number of aromatic nitrogens is 3. The number of hydrogen-bond acceptors (Lipinski definition) is 4. The molecule has 1 N–H and O–H groups in total. The average Bonchev–Trinajstić information content (AvgIpc) is 2.85. The molecule has 0 aliphatic heterocycles. The topological polar surface area (TPSA) is 50.4 Å². The van der Waals surface area contributed by atoms with Crippen molar-refractivity contribution in [2.45, 2.75) is 13.5 Å². The number of aliphatic hydroxyl groups is 1. The summed E-state index contributed by atoms with van der Waals surface area (Å²) in [6.07, 6.45) is 0. The SMILES string of the molecule is Cc1nc2sc(-c3cccc(Cl)c3)nn2c1CO. The molecule has 4 nitrogen and oxygen atoms in total. The van der Waals surface area contributed by atoms with Crippen LogP contribution in [-0.4, -0.2) is 19.7 Å². The van der Waals surface area contributed by atoms with Gasteiger partial charge in [-0.2, -0.15) is 5.10 Å². The first-order valence-corrected chi connectivity index (χ1v) is 6.60. The summed E-state index contributed by atoms with van der Waals surface area (Å²) in [7, 11) is 0. The lowest BCUT2D eigenvalue weighted by Crippen LogP contribution is -1.95. The highest BCUT2D eigenvalue weighted by Gasteiger charge is 2.14. The fraction of sp³-hybridized carbons (Fsp3) is 0.167. The van der Waals surface area contributed by atoms with Gasteiger partial charge in [-0.25, -0.2) is 9.50 Å². The molecule has 0 radical (unpaired) electrons. The van der Waals surface area contributed by atoms with Crippen molar-refractivity contribution in [3.05, 3.63) is 40.7 Å². The largest absolute Gasteiger partial charge is 0.390 e. The molecule has 0 spiro atoms. The van der Waals surface area contributed by atoms with Gasteiger partial charge in [-0.15, -0.1) is 0 Å². The molecule has 6 heteroatoms. The van der Waals surface area contributed by atoms with Crippen LogP contribution in [0, 0.1) is 6.92 Å². The number of rotatable bonds is 2. The molecule has 0 bridgehead atoms. The van der Waals surface area contributed by atoms with Crippen molar-refractivity contribution < 1.29 is 5.11 Å². The summed E-state index contributed by atoms with van der Waals surface area (Å²) in [5.41, 5.74) is 2.50. The van der Waals surface area contributed by atoms with Crippen molar-refractivity contribution in [2.24, 2.45) is 0 Å². The van der Waals surface area contributed by atoms with Crippen molar-refractivity contribution in [1.82, 2.24) is 14.6 Å². The molecule has 0 unspecified atom stereocenters. The minimum absolute atomic E-state index is 0.0638. The third-order valence-corrected chi connectivity index (χ3v) is 3.91. The van der Waals surface area contributed by atoms with Crippen molar-refractivity contribution in [3.63, 3.8) is 0 Å². The number of imidazole rings is 1. The van der Waals surface area contributed by atoms with Gasteiger partial charge < -0.3 is 5.11 Å². The van der Waals surface area contributed by atoms with Crippen molar-refractivity contribution in [3.8, 4) is 10.6 Å². The van der Waals surface area contributed by atoms with E-state index >= 15 is 0 Å². The lowest BCUT2D eigenvalue weighted by Gasteiger charge is -1.96. The van der Waals surface area contributed by atoms with E-state index in [2.05, 4.69) is 10.1 Å². The van der Waals surface area contributed by atoms with Crippen LogP contribution >= 0.6 is 22.9 Å². The maximum Gasteiger partial charge on any atom is 0.213 e. The number of nitrogens with zero attached hydrogens (tertiary/aromatic N) is 3. The van der Waals surface area contributed by atoms with E-state index in [1.165, 1.54) is 11.3 Å². The average molecular weight is 280 g/mol. The summed E-state index contributed by atoms with van der Waals surface area (Å²) in [5, 5.41) is 15.3. The Hall–Kier alpha value is -1.43. The van der Waals surface area contributed by atoms with Crippen molar-refractivity contribution >= 4 is 27.9 Å². The Morgan fingerprint density at radius 1 is 1.44 bits per heavy atom. The molecule has 0 aliphatic carbocycles. The molecule has 1 aromatic carbocycles. The Morgan fingerprint density at radius 3 is 3.00 bits per heavy atom. The summed E-state index contributed by atoms with van der Waals surface area (Å²) in [4.78, 5) is 5.16. The smallest absolute Gasteiger partial charge is 0.213 e. The highest BCUT2D eigenvalue weighted by Crippen LogP contribution is 2.28. The van der Waals surface area contributed by atoms with Crippen LogP contribution in [-0.2, 0) is 6.61 Å². The van der Waals surface area contributed by atoms with Gasteiger partial charge in [-0.1, -0.05) is 35.1 Å². The lowest BCUT2D eigenvalue weighted by molar-refractivity contribution is 0.273. The predicted octanol–water partition coefficient (Wildman–Crippen LogP) is 2.91. The van der Waals surface area contributed by atoms with E-state index in [1.54, 1.807) is 4.52 Å². The van der Waals surface area contributed by atoms with E-state index < -0.39 is 0 Å². The summed E-state index contributed by atoms with van der Waals surface area (Å²) in [6, 6.07) is 7.54. The lowest BCUT2D eigenvalue weighted by atomic mass is 10.2. The number of hydrogen-bond donors (Lipinski definition) is 1. The highest BCUT2D eigenvalue weighted by molar-refractivity contribution is 7.19. The molecule has 0 atom stereocenters. The fourth-order valence-corrected chi connectivity index (χ4v) is 2.96. The highest BCUT2D eigenvalue weighted by atomic mass is 35.5. The standard InChI is InChI=1S/C12H10ClN3OS/c1-7-10(6-17)16-12(14-7)18-11(15-16)8-3-2-4-9(13)5-8/h2-5,17H,6H2,1H3. The number of aryl methyl sites for hydroxylation is 1. The number of halogens is 1. The number of aliphatic hydroxyl groups excluding tert-OH is 1. The van der Waals surface area contributed by atoms with E-state index in [4.69, 9.17) is 11.6 Å². The Morgan fingerprint density at radius 2 is 2.28 bits per heavy atom. The fourth-order valence-electron chi connectivity index (χ4n) is 1.81. The maximum atomic E-state index is 9.31. The molecule has 0 amide bonds. The summed E-state index contributed by atoms with van der Waals surface area (Å²) in [5.74, 6) is 0. The number of benzene rings is 1. The van der Waals surface area contributed by atoms with E-state index in [1.807, 2.05) is 31.2 Å². The third-order valence-electron chi connectivity index (χ3n) is 2.72. The van der Waals surface area contributed by atoms with Gasteiger partial charge in [0, 0.05) is 10.6 Å². The monoisotopic (exact) mass is 279 g/mol. The van der Waals surface area contributed by atoms with Crippen LogP contribution in [0.2, 0.25) is 5.02 Å². The second-order valence-corrected chi connectivity index (χ2v) is 5.31. The Kier molecular flexibility index (Phi) is 2.81. The van der Waals surface area contributed by atoms with Gasteiger partial charge in [0.2, 0.25) is 4.96 Å². The molecule has 3 rings (SSSR count). The quantitative estimate of drug-likeness (QED) is 0.785. The molecule has 18 heavy (non-hydrogen) atoms. The Labute approximate surface area is 112 Å². The first-order valence-electron chi connectivity index (χ1n) is 5.41. The summed E-state index contributed by atoms with van der Waals surface area (Å²) >= 11 is 7.45. The minimum atomic E-state index is -0.0638. The van der Waals surface area contributed by atoms with Crippen molar-refractivity contribution in [2.75, 3.05) is 0 Å². The van der Waals surface area contributed by atoms with Gasteiger partial charge in [0.05, 0.1) is 18.0 Å². The normalized spacial score (nSPS) is 11.3. The van der Waals surface area contributed by atoms with Gasteiger partial charge in [0.1, 0.15) is 5.01 Å². The third kappa shape index (κ3) is 1.80. The Bertz CT molecular complexity index is 719. The van der Waals surface area contributed by atoms with E-state index in [9.17, 15) is 5.11 Å². The van der Waals surface area contributed by atoms with Crippen LogP contribution in [0.1, 0.15) is 11.4 Å². The molecule has 3 aromatic rings. The molecule has 2 heterocycles. The molecule has 0 aliphatic rings. The van der Waals surface area contributed by atoms with Gasteiger partial charge in [-0.3, -0.25) is 0 Å². The maximum absolute atomic E-state index is 9.31. The van der Waals surface area contributed by atoms with E-state index in [0.717, 1.165) is 26.9 Å². The van der Waals surface area contributed by atoms with Crippen molar-refractivity contribution in [1.29, 1.82) is 0 Å². The van der Waals surface area contributed by atoms with Crippen LogP contribution < -0.4 is 0 Å². The van der Waals surface area contributed by atoms with Crippen LogP contribution in [0.3, 0.4) is 0 Å². The van der Waals surface area contributed by atoms with Gasteiger partial charge in [-0.05, 0) is 19.1 Å². The second-order valence-electron chi connectivity index (χ2n) is 3.91. The van der Waals surface area contributed by atoms with Crippen LogP contribution in [0.25, 0.3) is 15.5 Å². The molecule has 2 aromatic heterocycles. The molecule has 0 saturated heterocycles.